The molecule has 2 aromatic carbocycles. The number of morpholine rings is 1. The zero-order valence-electron chi connectivity index (χ0n) is 16.3. The van der Waals surface area contributed by atoms with Gasteiger partial charge in [-0.05, 0) is 57.4 Å². The number of carbonyl (C=O) groups excluding carboxylic acids is 1. The first-order valence-corrected chi connectivity index (χ1v) is 10.4. The van der Waals surface area contributed by atoms with Gasteiger partial charge in [0, 0.05) is 13.1 Å². The maximum atomic E-state index is 12.0. The Labute approximate surface area is 182 Å². The molecule has 1 N–H and O–H groups in total. The standard InChI is InChI=1S/C21H22BrN3O5/c22-17-9-15(11-23-24-21(26)12-25-5-7-27-8-6-25)1-3-18(17)28-13-16-2-4-19-20(10-16)30-14-29-19/h1-4,9-11H,5-8,12-14H2,(H,24,26)/b23-11+. The summed E-state index contributed by atoms with van der Waals surface area (Å²) in [7, 11) is 0. The third kappa shape index (κ3) is 5.50. The van der Waals surface area contributed by atoms with Gasteiger partial charge < -0.3 is 18.9 Å². The number of carbonyl (C=O) groups is 1. The molecule has 2 heterocycles. The number of hydrogen-bond acceptors (Lipinski definition) is 7. The molecule has 0 spiro atoms. The highest BCUT2D eigenvalue weighted by atomic mass is 79.9. The number of benzene rings is 2. The molecule has 1 saturated heterocycles. The van der Waals surface area contributed by atoms with Crippen molar-refractivity contribution in [1.82, 2.24) is 10.3 Å². The molecule has 158 valence electrons. The monoisotopic (exact) mass is 475 g/mol. The van der Waals surface area contributed by atoms with Crippen molar-refractivity contribution >= 4 is 28.1 Å². The Morgan fingerprint density at radius 2 is 2.00 bits per heavy atom. The lowest BCUT2D eigenvalue weighted by Crippen LogP contribution is -2.42. The van der Waals surface area contributed by atoms with Gasteiger partial charge in [0.25, 0.3) is 5.91 Å². The van der Waals surface area contributed by atoms with Crippen LogP contribution in [0.5, 0.6) is 17.2 Å². The molecule has 0 aliphatic carbocycles. The van der Waals surface area contributed by atoms with Crippen molar-refractivity contribution in [2.24, 2.45) is 5.10 Å². The fourth-order valence-electron chi connectivity index (χ4n) is 3.08. The van der Waals surface area contributed by atoms with E-state index in [9.17, 15) is 4.79 Å². The number of halogens is 1. The molecule has 4 rings (SSSR count). The summed E-state index contributed by atoms with van der Waals surface area (Å²) in [5, 5.41) is 4.03. The van der Waals surface area contributed by atoms with Gasteiger partial charge in [-0.3, -0.25) is 9.69 Å². The van der Waals surface area contributed by atoms with Crippen LogP contribution >= 0.6 is 15.9 Å². The molecule has 8 nitrogen and oxygen atoms in total. The van der Waals surface area contributed by atoms with Crippen LogP contribution in [0, 0.1) is 0 Å². The molecule has 2 aliphatic rings. The third-order valence-electron chi connectivity index (χ3n) is 4.66. The minimum atomic E-state index is -0.143. The Morgan fingerprint density at radius 1 is 1.17 bits per heavy atom. The summed E-state index contributed by atoms with van der Waals surface area (Å²) in [4.78, 5) is 14.0. The van der Waals surface area contributed by atoms with Crippen LogP contribution < -0.4 is 19.6 Å². The summed E-state index contributed by atoms with van der Waals surface area (Å²) >= 11 is 3.52. The number of amides is 1. The molecule has 2 aliphatic heterocycles. The highest BCUT2D eigenvalue weighted by molar-refractivity contribution is 9.10. The van der Waals surface area contributed by atoms with Gasteiger partial charge in [0.05, 0.1) is 30.4 Å². The topological polar surface area (TPSA) is 81.6 Å². The predicted molar refractivity (Wildman–Crippen MR) is 114 cm³/mol. The van der Waals surface area contributed by atoms with Gasteiger partial charge in [-0.1, -0.05) is 6.07 Å². The normalized spacial score (nSPS) is 16.0. The average Bonchev–Trinajstić information content (AvgIpc) is 3.22. The first-order valence-electron chi connectivity index (χ1n) is 9.60. The lowest BCUT2D eigenvalue weighted by atomic mass is 10.2. The van der Waals surface area contributed by atoms with E-state index in [0.717, 1.165) is 40.2 Å². The van der Waals surface area contributed by atoms with E-state index in [4.69, 9.17) is 18.9 Å². The Hall–Kier alpha value is -2.62. The minimum absolute atomic E-state index is 0.143. The first-order chi connectivity index (χ1) is 14.7. The highest BCUT2D eigenvalue weighted by Gasteiger charge is 2.14. The van der Waals surface area contributed by atoms with E-state index in [1.807, 2.05) is 41.3 Å². The van der Waals surface area contributed by atoms with Gasteiger partial charge >= 0.3 is 0 Å². The van der Waals surface area contributed by atoms with Crippen LogP contribution in [-0.2, 0) is 16.1 Å². The Balaban J connectivity index is 1.27. The molecular formula is C21H22BrN3O5. The Bertz CT molecular complexity index is 931. The largest absolute Gasteiger partial charge is 0.488 e. The van der Waals surface area contributed by atoms with Crippen molar-refractivity contribution in [3.05, 3.63) is 52.0 Å². The quantitative estimate of drug-likeness (QED) is 0.489. The second kappa shape index (κ2) is 9.92. The number of ether oxygens (including phenoxy) is 4. The summed E-state index contributed by atoms with van der Waals surface area (Å²) in [6.07, 6.45) is 1.60. The molecule has 30 heavy (non-hydrogen) atoms. The lowest BCUT2D eigenvalue weighted by Gasteiger charge is -2.25. The summed E-state index contributed by atoms with van der Waals surface area (Å²) in [6.45, 7) is 3.82. The number of nitrogens with zero attached hydrogens (tertiary/aromatic N) is 2. The maximum absolute atomic E-state index is 12.0. The van der Waals surface area contributed by atoms with Crippen molar-refractivity contribution < 1.29 is 23.7 Å². The zero-order valence-corrected chi connectivity index (χ0v) is 17.9. The highest BCUT2D eigenvalue weighted by Crippen LogP contribution is 2.33. The summed E-state index contributed by atoms with van der Waals surface area (Å²) in [5.41, 5.74) is 4.38. The summed E-state index contributed by atoms with van der Waals surface area (Å²) in [6, 6.07) is 11.3. The van der Waals surface area contributed by atoms with Crippen molar-refractivity contribution in [1.29, 1.82) is 0 Å². The zero-order chi connectivity index (χ0) is 20.8. The van der Waals surface area contributed by atoms with Crippen LogP contribution in [0.15, 0.2) is 46.0 Å². The first kappa shape index (κ1) is 20.6. The van der Waals surface area contributed by atoms with Crippen LogP contribution in [0.1, 0.15) is 11.1 Å². The van der Waals surface area contributed by atoms with Crippen LogP contribution in [0.3, 0.4) is 0 Å². The second-order valence-electron chi connectivity index (χ2n) is 6.85. The summed E-state index contributed by atoms with van der Waals surface area (Å²) < 4.78 is 22.7. The molecule has 0 radical (unpaired) electrons. The van der Waals surface area contributed by atoms with Crippen molar-refractivity contribution in [3.63, 3.8) is 0 Å². The van der Waals surface area contributed by atoms with E-state index < -0.39 is 0 Å². The van der Waals surface area contributed by atoms with Gasteiger partial charge in [0.2, 0.25) is 6.79 Å². The molecule has 0 bridgehead atoms. The smallest absolute Gasteiger partial charge is 0.254 e. The molecule has 2 aromatic rings. The van der Waals surface area contributed by atoms with Crippen molar-refractivity contribution in [3.8, 4) is 17.2 Å². The number of hydrazone groups is 1. The Morgan fingerprint density at radius 3 is 2.83 bits per heavy atom. The van der Waals surface area contributed by atoms with Gasteiger partial charge in [0.1, 0.15) is 12.4 Å². The number of nitrogens with one attached hydrogen (secondary N) is 1. The fourth-order valence-corrected chi connectivity index (χ4v) is 3.59. The number of hydrogen-bond donors (Lipinski definition) is 1. The molecule has 0 atom stereocenters. The fraction of sp³-hybridized carbons (Fsp3) is 0.333. The second-order valence-corrected chi connectivity index (χ2v) is 7.70. The SMILES string of the molecule is O=C(CN1CCOCC1)N/N=C/c1ccc(OCc2ccc3c(c2)OCO3)c(Br)c1. The molecular weight excluding hydrogens is 454 g/mol. The maximum Gasteiger partial charge on any atom is 0.254 e. The van der Waals surface area contributed by atoms with Crippen molar-refractivity contribution in [2.45, 2.75) is 6.61 Å². The van der Waals surface area contributed by atoms with Crippen LogP contribution in [-0.4, -0.2) is 56.7 Å². The van der Waals surface area contributed by atoms with Gasteiger partial charge in [-0.15, -0.1) is 0 Å². The number of fused-ring (bicyclic) bond motifs is 1. The molecule has 0 saturated carbocycles. The summed E-state index contributed by atoms with van der Waals surface area (Å²) in [5.74, 6) is 2.05. The van der Waals surface area contributed by atoms with E-state index in [1.54, 1.807) is 6.21 Å². The number of rotatable bonds is 7. The molecule has 9 heteroatoms. The van der Waals surface area contributed by atoms with Gasteiger partial charge in [0.15, 0.2) is 11.5 Å². The third-order valence-corrected chi connectivity index (χ3v) is 5.28. The van der Waals surface area contributed by atoms with Crippen molar-refractivity contribution in [2.75, 3.05) is 39.6 Å². The van der Waals surface area contributed by atoms with Gasteiger partial charge in [-0.25, -0.2) is 5.43 Å². The van der Waals surface area contributed by atoms with Crippen LogP contribution in [0.4, 0.5) is 0 Å². The molecule has 0 aromatic heterocycles. The van der Waals surface area contributed by atoms with E-state index in [1.165, 1.54) is 0 Å². The van der Waals surface area contributed by atoms with E-state index in [0.29, 0.717) is 32.1 Å². The molecule has 1 fully saturated rings. The van der Waals surface area contributed by atoms with Crippen LogP contribution in [0.25, 0.3) is 0 Å². The lowest BCUT2D eigenvalue weighted by molar-refractivity contribution is -0.123. The molecule has 0 unspecified atom stereocenters. The predicted octanol–water partition coefficient (Wildman–Crippen LogP) is 2.54. The average molecular weight is 476 g/mol. The van der Waals surface area contributed by atoms with E-state index in [-0.39, 0.29) is 12.7 Å². The van der Waals surface area contributed by atoms with E-state index in [2.05, 4.69) is 26.5 Å². The minimum Gasteiger partial charge on any atom is -0.488 e. The van der Waals surface area contributed by atoms with Crippen LogP contribution in [0.2, 0.25) is 0 Å². The Kier molecular flexibility index (Phi) is 6.83. The molecule has 1 amide bonds. The van der Waals surface area contributed by atoms with Gasteiger partial charge in [-0.2, -0.15) is 5.10 Å². The van der Waals surface area contributed by atoms with E-state index >= 15 is 0 Å².